The highest BCUT2D eigenvalue weighted by molar-refractivity contribution is 5.22. The molecular formula is C18H25FN4O2. The number of imidazole rings is 1. The Balaban J connectivity index is 1.36. The lowest BCUT2D eigenvalue weighted by Gasteiger charge is -2.35. The average Bonchev–Trinajstić information content (AvgIpc) is 3.01. The second kappa shape index (κ2) is 8.42. The molecule has 0 spiro atoms. The normalized spacial score (nSPS) is 17.6. The third-order valence-corrected chi connectivity index (χ3v) is 4.48. The molecule has 0 unspecified atom stereocenters. The van der Waals surface area contributed by atoms with E-state index in [1.165, 1.54) is 12.1 Å². The molecule has 25 heavy (non-hydrogen) atoms. The van der Waals surface area contributed by atoms with Gasteiger partial charge in [0.25, 0.3) is 0 Å². The zero-order valence-electron chi connectivity index (χ0n) is 14.5. The van der Waals surface area contributed by atoms with Crippen molar-refractivity contribution >= 4 is 0 Å². The second-order valence-corrected chi connectivity index (χ2v) is 6.45. The molecule has 0 amide bonds. The molecule has 7 heteroatoms. The molecule has 0 radical (unpaired) electrons. The van der Waals surface area contributed by atoms with Crippen LogP contribution in [0.5, 0.6) is 5.75 Å². The lowest BCUT2D eigenvalue weighted by Crippen LogP contribution is -2.49. The number of aliphatic hydroxyl groups excluding tert-OH is 1. The summed E-state index contributed by atoms with van der Waals surface area (Å²) in [7, 11) is 2.01. The van der Waals surface area contributed by atoms with Crippen LogP contribution in [0.15, 0.2) is 36.7 Å². The van der Waals surface area contributed by atoms with Crippen LogP contribution in [0.1, 0.15) is 5.82 Å². The van der Waals surface area contributed by atoms with E-state index in [0.717, 1.165) is 38.5 Å². The first-order chi connectivity index (χ1) is 12.1. The summed E-state index contributed by atoms with van der Waals surface area (Å²) in [6.07, 6.45) is 3.22. The summed E-state index contributed by atoms with van der Waals surface area (Å²) in [5, 5.41) is 10.2. The van der Waals surface area contributed by atoms with Crippen LogP contribution in [0, 0.1) is 5.82 Å². The summed E-state index contributed by atoms with van der Waals surface area (Å²) in [4.78, 5) is 8.98. The van der Waals surface area contributed by atoms with E-state index in [1.54, 1.807) is 12.1 Å². The predicted octanol–water partition coefficient (Wildman–Crippen LogP) is 1.12. The Bertz CT molecular complexity index is 653. The summed E-state index contributed by atoms with van der Waals surface area (Å²) in [6, 6.07) is 5.84. The number of aliphatic hydroxyl groups is 1. The van der Waals surface area contributed by atoms with E-state index < -0.39 is 6.10 Å². The smallest absolute Gasteiger partial charge is 0.123 e. The fraction of sp³-hybridized carbons (Fsp3) is 0.500. The monoisotopic (exact) mass is 348 g/mol. The number of hydrogen-bond donors (Lipinski definition) is 1. The Labute approximate surface area is 147 Å². The molecule has 1 fully saturated rings. The molecule has 2 aromatic rings. The third kappa shape index (κ3) is 5.26. The fourth-order valence-electron chi connectivity index (χ4n) is 2.95. The van der Waals surface area contributed by atoms with Crippen LogP contribution < -0.4 is 4.74 Å². The van der Waals surface area contributed by atoms with Gasteiger partial charge in [0.15, 0.2) is 0 Å². The maximum Gasteiger partial charge on any atom is 0.123 e. The third-order valence-electron chi connectivity index (χ3n) is 4.48. The number of nitrogens with zero attached hydrogens (tertiary/aromatic N) is 4. The van der Waals surface area contributed by atoms with Crippen molar-refractivity contribution in [3.8, 4) is 5.75 Å². The first-order valence-electron chi connectivity index (χ1n) is 8.57. The number of aryl methyl sites for hydroxylation is 1. The molecule has 0 bridgehead atoms. The molecular weight excluding hydrogens is 323 g/mol. The van der Waals surface area contributed by atoms with E-state index in [2.05, 4.69) is 14.8 Å². The summed E-state index contributed by atoms with van der Waals surface area (Å²) in [6.45, 7) is 5.39. The Hall–Kier alpha value is -1.96. The van der Waals surface area contributed by atoms with Crippen LogP contribution in [-0.4, -0.2) is 69.9 Å². The average molecular weight is 348 g/mol. The van der Waals surface area contributed by atoms with Crippen LogP contribution in [0.4, 0.5) is 4.39 Å². The fourth-order valence-corrected chi connectivity index (χ4v) is 2.95. The van der Waals surface area contributed by atoms with Gasteiger partial charge in [-0.2, -0.15) is 0 Å². The number of hydrogen-bond acceptors (Lipinski definition) is 5. The minimum absolute atomic E-state index is 0.207. The molecule has 0 saturated carbocycles. The Morgan fingerprint density at radius 3 is 2.48 bits per heavy atom. The standard InChI is InChI=1S/C18H25FN4O2/c1-21-7-6-20-18(21)13-23-10-8-22(9-11-23)12-16(24)14-25-17-4-2-15(19)3-5-17/h2-7,16,24H,8-14H2,1H3/t16-/m0/s1. The van der Waals surface area contributed by atoms with Crippen LogP contribution in [-0.2, 0) is 13.6 Å². The van der Waals surface area contributed by atoms with Crippen molar-refractivity contribution in [1.29, 1.82) is 0 Å². The van der Waals surface area contributed by atoms with Gasteiger partial charge >= 0.3 is 0 Å². The largest absolute Gasteiger partial charge is 0.491 e. The zero-order chi connectivity index (χ0) is 17.6. The maximum absolute atomic E-state index is 12.8. The topological polar surface area (TPSA) is 53.8 Å². The van der Waals surface area contributed by atoms with E-state index >= 15 is 0 Å². The molecule has 2 heterocycles. The van der Waals surface area contributed by atoms with Crippen molar-refractivity contribution in [3.05, 3.63) is 48.3 Å². The minimum Gasteiger partial charge on any atom is -0.491 e. The van der Waals surface area contributed by atoms with E-state index in [1.807, 2.05) is 24.0 Å². The number of β-amino-alcohol motifs (C(OH)–C–C–N with tert-alkyl or cyclic N) is 1. The van der Waals surface area contributed by atoms with Gasteiger partial charge in [0.2, 0.25) is 0 Å². The lowest BCUT2D eigenvalue weighted by atomic mass is 10.2. The first-order valence-corrected chi connectivity index (χ1v) is 8.57. The van der Waals surface area contributed by atoms with Crippen LogP contribution in [0.25, 0.3) is 0 Å². The number of rotatable bonds is 7. The summed E-state index contributed by atoms with van der Waals surface area (Å²) >= 11 is 0. The number of ether oxygens (including phenoxy) is 1. The van der Waals surface area contributed by atoms with Gasteiger partial charge in [-0.1, -0.05) is 0 Å². The molecule has 1 aliphatic rings. The summed E-state index contributed by atoms with van der Waals surface area (Å²) in [5.74, 6) is 1.35. The highest BCUT2D eigenvalue weighted by Crippen LogP contribution is 2.12. The van der Waals surface area contributed by atoms with E-state index in [0.29, 0.717) is 12.3 Å². The molecule has 1 N–H and O–H groups in total. The Morgan fingerprint density at radius 1 is 1.16 bits per heavy atom. The Kier molecular flexibility index (Phi) is 6.01. The van der Waals surface area contributed by atoms with Crippen molar-refractivity contribution in [2.45, 2.75) is 12.6 Å². The van der Waals surface area contributed by atoms with Gasteiger partial charge in [-0.3, -0.25) is 9.80 Å². The van der Waals surface area contributed by atoms with Crippen molar-refractivity contribution < 1.29 is 14.2 Å². The van der Waals surface area contributed by atoms with Gasteiger partial charge in [0.1, 0.15) is 30.1 Å². The summed E-state index contributed by atoms with van der Waals surface area (Å²) < 4.78 is 20.4. The van der Waals surface area contributed by atoms with Crippen molar-refractivity contribution in [2.75, 3.05) is 39.3 Å². The quantitative estimate of drug-likeness (QED) is 0.813. The van der Waals surface area contributed by atoms with E-state index in [-0.39, 0.29) is 12.4 Å². The van der Waals surface area contributed by atoms with Crippen molar-refractivity contribution in [2.24, 2.45) is 7.05 Å². The Morgan fingerprint density at radius 2 is 1.84 bits per heavy atom. The highest BCUT2D eigenvalue weighted by atomic mass is 19.1. The first kappa shape index (κ1) is 17.8. The molecule has 0 aliphatic carbocycles. The van der Waals surface area contributed by atoms with Crippen molar-refractivity contribution in [1.82, 2.24) is 19.4 Å². The molecule has 1 aromatic heterocycles. The van der Waals surface area contributed by atoms with Crippen LogP contribution >= 0.6 is 0 Å². The van der Waals surface area contributed by atoms with Gasteiger partial charge in [0.05, 0.1) is 6.54 Å². The van der Waals surface area contributed by atoms with Gasteiger partial charge < -0.3 is 14.4 Å². The number of piperazine rings is 1. The van der Waals surface area contributed by atoms with E-state index in [4.69, 9.17) is 4.74 Å². The summed E-state index contributed by atoms with van der Waals surface area (Å²) in [5.41, 5.74) is 0. The van der Waals surface area contributed by atoms with Gasteiger partial charge in [-0.05, 0) is 24.3 Å². The number of aromatic nitrogens is 2. The minimum atomic E-state index is -0.564. The molecule has 1 saturated heterocycles. The maximum atomic E-state index is 12.8. The SMILES string of the molecule is Cn1ccnc1CN1CCN(C[C@H](O)COc2ccc(F)cc2)CC1. The van der Waals surface area contributed by atoms with Gasteiger partial charge in [-0.15, -0.1) is 0 Å². The molecule has 136 valence electrons. The predicted molar refractivity (Wildman–Crippen MR) is 92.8 cm³/mol. The molecule has 1 aliphatic heterocycles. The van der Waals surface area contributed by atoms with Crippen LogP contribution in [0.3, 0.4) is 0 Å². The molecule has 1 atom stereocenters. The van der Waals surface area contributed by atoms with E-state index in [9.17, 15) is 9.50 Å². The molecule has 1 aromatic carbocycles. The number of halogens is 1. The van der Waals surface area contributed by atoms with Gasteiger partial charge in [0, 0.05) is 52.2 Å². The van der Waals surface area contributed by atoms with Gasteiger partial charge in [-0.25, -0.2) is 9.37 Å². The second-order valence-electron chi connectivity index (χ2n) is 6.45. The van der Waals surface area contributed by atoms with Crippen LogP contribution in [0.2, 0.25) is 0 Å². The highest BCUT2D eigenvalue weighted by Gasteiger charge is 2.20. The number of benzene rings is 1. The molecule has 6 nitrogen and oxygen atoms in total. The van der Waals surface area contributed by atoms with Crippen molar-refractivity contribution in [3.63, 3.8) is 0 Å². The zero-order valence-corrected chi connectivity index (χ0v) is 14.5. The molecule has 3 rings (SSSR count). The lowest BCUT2D eigenvalue weighted by molar-refractivity contribution is 0.0440.